The molecule has 0 aliphatic heterocycles. The molecule has 19 heavy (non-hydrogen) atoms. The first-order valence-electron chi connectivity index (χ1n) is 5.77. The first-order valence-corrected chi connectivity index (χ1v) is 6.17. The average Bonchev–Trinajstić information content (AvgIpc) is 2.47. The zero-order chi connectivity index (χ0) is 13.5. The summed E-state index contributed by atoms with van der Waals surface area (Å²) < 4.78 is 5.26. The molecule has 0 N–H and O–H groups in total. The fraction of sp³-hybridized carbons (Fsp3) is 0.0667. The second-order valence-corrected chi connectivity index (χ2v) is 4.07. The van der Waals surface area contributed by atoms with Gasteiger partial charge in [0.25, 0.3) is 5.17 Å². The molecule has 0 saturated heterocycles. The Hall–Kier alpha value is -2.38. The minimum absolute atomic E-state index is 0.0605. The lowest BCUT2D eigenvalue weighted by Gasteiger charge is -2.24. The van der Waals surface area contributed by atoms with Crippen LogP contribution in [0.3, 0.4) is 0 Å². The first kappa shape index (κ1) is 13.1. The number of thiocarbonyl (C=S) groups is 1. The van der Waals surface area contributed by atoms with Crippen molar-refractivity contribution in [3.05, 3.63) is 60.7 Å². The van der Waals surface area contributed by atoms with Crippen molar-refractivity contribution in [2.75, 3.05) is 11.5 Å². The normalized spacial score (nSPS) is 9.42. The van der Waals surface area contributed by atoms with E-state index in [9.17, 15) is 0 Å². The van der Waals surface area contributed by atoms with Gasteiger partial charge >= 0.3 is 0 Å². The molecule has 0 amide bonds. The third kappa shape index (κ3) is 3.30. The Labute approximate surface area is 117 Å². The summed E-state index contributed by atoms with van der Waals surface area (Å²) in [5, 5.41) is 8.85. The summed E-state index contributed by atoms with van der Waals surface area (Å²) in [5.74, 6) is 0. The second-order valence-electron chi connectivity index (χ2n) is 3.72. The summed E-state index contributed by atoms with van der Waals surface area (Å²) in [4.78, 5) is 1.80. The lowest BCUT2D eigenvalue weighted by Crippen LogP contribution is -2.26. The number of benzene rings is 2. The predicted molar refractivity (Wildman–Crippen MR) is 79.2 cm³/mol. The van der Waals surface area contributed by atoms with Gasteiger partial charge in [0.15, 0.2) is 6.61 Å². The van der Waals surface area contributed by atoms with Crippen LogP contribution in [-0.2, 0) is 4.74 Å². The van der Waals surface area contributed by atoms with Gasteiger partial charge in [-0.1, -0.05) is 36.4 Å². The van der Waals surface area contributed by atoms with Gasteiger partial charge in [-0.15, -0.1) is 0 Å². The van der Waals surface area contributed by atoms with Gasteiger partial charge in [-0.25, -0.2) is 0 Å². The van der Waals surface area contributed by atoms with Gasteiger partial charge in [0.2, 0.25) is 0 Å². The van der Waals surface area contributed by atoms with Crippen LogP contribution in [0.1, 0.15) is 0 Å². The molecule has 0 spiro atoms. The summed E-state index contributed by atoms with van der Waals surface area (Å²) in [5.41, 5.74) is 1.80. The van der Waals surface area contributed by atoms with Crippen LogP contribution >= 0.6 is 12.2 Å². The molecule has 2 rings (SSSR count). The van der Waals surface area contributed by atoms with Crippen LogP contribution in [0.2, 0.25) is 0 Å². The van der Waals surface area contributed by atoms with Crippen LogP contribution in [0.25, 0.3) is 0 Å². The number of hydrogen-bond acceptors (Lipinski definition) is 3. The van der Waals surface area contributed by atoms with Crippen molar-refractivity contribution in [1.29, 1.82) is 5.26 Å². The lowest BCUT2D eigenvalue weighted by atomic mass is 10.2. The highest BCUT2D eigenvalue weighted by atomic mass is 32.1. The zero-order valence-electron chi connectivity index (χ0n) is 10.2. The molecule has 0 unspecified atom stereocenters. The monoisotopic (exact) mass is 268 g/mol. The van der Waals surface area contributed by atoms with Crippen molar-refractivity contribution in [1.82, 2.24) is 0 Å². The van der Waals surface area contributed by atoms with Crippen molar-refractivity contribution in [2.45, 2.75) is 0 Å². The molecule has 0 bridgehead atoms. The highest BCUT2D eigenvalue weighted by Crippen LogP contribution is 2.25. The summed E-state index contributed by atoms with van der Waals surface area (Å²) in [6.45, 7) is -0.0605. The molecule has 0 aliphatic carbocycles. The van der Waals surface area contributed by atoms with E-state index in [-0.39, 0.29) is 11.8 Å². The molecule has 0 radical (unpaired) electrons. The summed E-state index contributed by atoms with van der Waals surface area (Å²) in [7, 11) is 0. The summed E-state index contributed by atoms with van der Waals surface area (Å²) in [6, 6.07) is 21.3. The van der Waals surface area contributed by atoms with Gasteiger partial charge in [-0.3, -0.25) is 4.90 Å². The van der Waals surface area contributed by atoms with Crippen LogP contribution in [0.15, 0.2) is 60.7 Å². The minimum atomic E-state index is -0.0605. The molecule has 0 fully saturated rings. The molecule has 2 aromatic carbocycles. The van der Waals surface area contributed by atoms with E-state index in [1.165, 1.54) is 0 Å². The van der Waals surface area contributed by atoms with Gasteiger partial charge in [-0.2, -0.15) is 5.26 Å². The minimum Gasteiger partial charge on any atom is -0.455 e. The predicted octanol–water partition coefficient (Wildman–Crippen LogP) is 3.65. The highest BCUT2D eigenvalue weighted by Gasteiger charge is 2.15. The maximum absolute atomic E-state index is 8.58. The van der Waals surface area contributed by atoms with Crippen LogP contribution in [0.4, 0.5) is 11.4 Å². The number of ether oxygens (including phenoxy) is 1. The standard InChI is InChI=1S/C15H12N2OS/c16-11-12-18-15(19)17(13-7-3-1-4-8-13)14-9-5-2-6-10-14/h1-10H,12H2. The van der Waals surface area contributed by atoms with Gasteiger partial charge in [0.1, 0.15) is 6.07 Å². The zero-order valence-corrected chi connectivity index (χ0v) is 11.0. The van der Waals surface area contributed by atoms with Crippen molar-refractivity contribution < 1.29 is 4.74 Å². The fourth-order valence-electron chi connectivity index (χ4n) is 1.67. The second kappa shape index (κ2) is 6.53. The van der Waals surface area contributed by atoms with Gasteiger partial charge in [-0.05, 0) is 36.5 Å². The Morgan fingerprint density at radius 2 is 1.47 bits per heavy atom. The molecule has 3 nitrogen and oxygen atoms in total. The largest absolute Gasteiger partial charge is 0.455 e. The maximum atomic E-state index is 8.58. The Morgan fingerprint density at radius 3 is 1.89 bits per heavy atom. The molecule has 0 aromatic heterocycles. The van der Waals surface area contributed by atoms with Gasteiger partial charge < -0.3 is 4.74 Å². The quantitative estimate of drug-likeness (QED) is 0.796. The van der Waals surface area contributed by atoms with Crippen LogP contribution in [0.5, 0.6) is 0 Å². The smallest absolute Gasteiger partial charge is 0.269 e. The Balaban J connectivity index is 2.35. The van der Waals surface area contributed by atoms with Gasteiger partial charge in [0.05, 0.1) is 0 Å². The molecule has 94 valence electrons. The van der Waals surface area contributed by atoms with Crippen molar-refractivity contribution in [2.24, 2.45) is 0 Å². The molecule has 0 saturated carbocycles. The van der Waals surface area contributed by atoms with E-state index in [0.29, 0.717) is 0 Å². The van der Waals surface area contributed by atoms with Crippen LogP contribution in [0, 0.1) is 11.3 Å². The lowest BCUT2D eigenvalue weighted by molar-refractivity contribution is 0.359. The Morgan fingerprint density at radius 1 is 1.00 bits per heavy atom. The van der Waals surface area contributed by atoms with Gasteiger partial charge in [0, 0.05) is 11.4 Å². The van der Waals surface area contributed by atoms with Crippen molar-refractivity contribution >= 4 is 28.8 Å². The Kier molecular flexibility index (Phi) is 4.49. The molecule has 0 heterocycles. The van der Waals surface area contributed by atoms with E-state index in [0.717, 1.165) is 11.4 Å². The number of hydrogen-bond donors (Lipinski definition) is 0. The topological polar surface area (TPSA) is 36.3 Å². The van der Waals surface area contributed by atoms with Crippen molar-refractivity contribution in [3.8, 4) is 6.07 Å². The van der Waals surface area contributed by atoms with Crippen LogP contribution in [-0.4, -0.2) is 11.8 Å². The summed E-state index contributed by atoms with van der Waals surface area (Å²) in [6.07, 6.45) is 0. The van der Waals surface area contributed by atoms with E-state index in [4.69, 9.17) is 22.2 Å². The SMILES string of the molecule is N#CCOC(=S)N(c1ccccc1)c1ccccc1. The number of rotatable bonds is 3. The van der Waals surface area contributed by atoms with E-state index in [1.807, 2.05) is 66.7 Å². The molecule has 4 heteroatoms. The maximum Gasteiger partial charge on any atom is 0.269 e. The first-order chi connectivity index (χ1) is 9.33. The molecule has 0 atom stereocenters. The number of nitriles is 1. The molecular weight excluding hydrogens is 256 g/mol. The number of nitrogens with zero attached hydrogens (tertiary/aromatic N) is 2. The summed E-state index contributed by atoms with van der Waals surface area (Å²) >= 11 is 5.26. The van der Waals surface area contributed by atoms with Crippen molar-refractivity contribution in [3.63, 3.8) is 0 Å². The molecule has 0 aliphatic rings. The molecular formula is C15H12N2OS. The highest BCUT2D eigenvalue weighted by molar-refractivity contribution is 7.80. The fourth-order valence-corrected chi connectivity index (χ4v) is 1.94. The number of para-hydroxylation sites is 2. The third-order valence-corrected chi connectivity index (χ3v) is 2.77. The van der Waals surface area contributed by atoms with Crippen LogP contribution < -0.4 is 4.90 Å². The third-order valence-electron chi connectivity index (χ3n) is 2.47. The molecule has 2 aromatic rings. The van der Waals surface area contributed by atoms with E-state index in [1.54, 1.807) is 4.90 Å². The number of anilines is 2. The van der Waals surface area contributed by atoms with E-state index >= 15 is 0 Å². The van der Waals surface area contributed by atoms with E-state index < -0.39 is 0 Å². The average molecular weight is 268 g/mol. The Bertz CT molecular complexity index is 539. The van der Waals surface area contributed by atoms with E-state index in [2.05, 4.69) is 0 Å².